The van der Waals surface area contributed by atoms with E-state index in [-0.39, 0.29) is 11.4 Å². The molecule has 2 aromatic rings. The van der Waals surface area contributed by atoms with Crippen molar-refractivity contribution in [2.24, 2.45) is 0 Å². The van der Waals surface area contributed by atoms with E-state index in [9.17, 15) is 4.79 Å². The number of carbonyl (C=O) groups excluding carboxylic acids is 1. The summed E-state index contributed by atoms with van der Waals surface area (Å²) in [6.45, 7) is 8.18. The molecule has 0 saturated carbocycles. The summed E-state index contributed by atoms with van der Waals surface area (Å²) in [6, 6.07) is 11.5. The molecule has 1 saturated heterocycles. The average Bonchev–Trinajstić information content (AvgIpc) is 2.60. The number of amides is 1. The van der Waals surface area contributed by atoms with Gasteiger partial charge in [0, 0.05) is 30.6 Å². The zero-order chi connectivity index (χ0) is 16.3. The third-order valence-electron chi connectivity index (χ3n) is 4.38. The number of nitrogens with one attached hydrogen (secondary N) is 1. The summed E-state index contributed by atoms with van der Waals surface area (Å²) in [5.41, 5.74) is 1.20. The number of benzene rings is 1. The van der Waals surface area contributed by atoms with Crippen molar-refractivity contribution in [2.45, 2.75) is 19.4 Å². The van der Waals surface area contributed by atoms with Crippen molar-refractivity contribution in [1.82, 2.24) is 15.2 Å². The van der Waals surface area contributed by atoms with Gasteiger partial charge in [0.05, 0.1) is 18.7 Å². The van der Waals surface area contributed by atoms with Crippen LogP contribution < -0.4 is 5.32 Å². The Morgan fingerprint density at radius 1 is 1.22 bits per heavy atom. The zero-order valence-corrected chi connectivity index (χ0v) is 13.7. The molecule has 1 fully saturated rings. The predicted octanol–water partition coefficient (Wildman–Crippen LogP) is 2.08. The quantitative estimate of drug-likeness (QED) is 0.939. The Morgan fingerprint density at radius 3 is 2.74 bits per heavy atom. The number of nitrogens with zero attached hydrogens (tertiary/aromatic N) is 2. The van der Waals surface area contributed by atoms with Crippen molar-refractivity contribution in [2.75, 3.05) is 32.8 Å². The monoisotopic (exact) mass is 313 g/mol. The number of fused-ring (bicyclic) bond motifs is 1. The van der Waals surface area contributed by atoms with Crippen LogP contribution in [-0.4, -0.2) is 54.2 Å². The second-order valence-corrected chi connectivity index (χ2v) is 6.48. The Kier molecular flexibility index (Phi) is 4.59. The minimum atomic E-state index is -0.128. The third kappa shape index (κ3) is 3.68. The molecular formula is C18H23N3O2. The minimum Gasteiger partial charge on any atom is -0.379 e. The van der Waals surface area contributed by atoms with E-state index < -0.39 is 0 Å². The van der Waals surface area contributed by atoms with Crippen LogP contribution in [0, 0.1) is 0 Å². The third-order valence-corrected chi connectivity index (χ3v) is 4.38. The van der Waals surface area contributed by atoms with E-state index in [2.05, 4.69) is 29.0 Å². The molecule has 0 aliphatic carbocycles. The Bertz CT molecular complexity index is 693. The average molecular weight is 313 g/mol. The number of rotatable bonds is 4. The van der Waals surface area contributed by atoms with Crippen molar-refractivity contribution in [1.29, 1.82) is 0 Å². The van der Waals surface area contributed by atoms with Crippen LogP contribution in [0.2, 0.25) is 0 Å². The fraction of sp³-hybridized carbons (Fsp3) is 0.444. The molecule has 3 rings (SSSR count). The van der Waals surface area contributed by atoms with Crippen molar-refractivity contribution in [3.05, 3.63) is 42.1 Å². The molecule has 1 N–H and O–H groups in total. The summed E-state index contributed by atoms with van der Waals surface area (Å²) >= 11 is 0. The van der Waals surface area contributed by atoms with Crippen LogP contribution in [0.4, 0.5) is 0 Å². The molecule has 0 radical (unpaired) electrons. The minimum absolute atomic E-state index is 0.101. The lowest BCUT2D eigenvalue weighted by Crippen LogP contribution is -2.55. The van der Waals surface area contributed by atoms with E-state index in [0.29, 0.717) is 12.2 Å². The van der Waals surface area contributed by atoms with Crippen LogP contribution in [0.15, 0.2) is 36.4 Å². The summed E-state index contributed by atoms with van der Waals surface area (Å²) in [6.07, 6.45) is 0. The van der Waals surface area contributed by atoms with Gasteiger partial charge in [0.1, 0.15) is 5.69 Å². The number of morpholine rings is 1. The topological polar surface area (TPSA) is 54.5 Å². The molecule has 1 aliphatic rings. The number of aromatic nitrogens is 1. The summed E-state index contributed by atoms with van der Waals surface area (Å²) < 4.78 is 5.39. The molecule has 1 amide bonds. The van der Waals surface area contributed by atoms with Crippen molar-refractivity contribution < 1.29 is 9.53 Å². The highest BCUT2D eigenvalue weighted by Gasteiger charge is 2.28. The highest BCUT2D eigenvalue weighted by molar-refractivity contribution is 5.94. The second kappa shape index (κ2) is 6.64. The van der Waals surface area contributed by atoms with E-state index in [4.69, 9.17) is 4.74 Å². The van der Waals surface area contributed by atoms with Gasteiger partial charge < -0.3 is 10.1 Å². The first-order valence-electron chi connectivity index (χ1n) is 8.03. The van der Waals surface area contributed by atoms with Gasteiger partial charge in [-0.25, -0.2) is 4.98 Å². The Hall–Kier alpha value is -1.98. The van der Waals surface area contributed by atoms with Gasteiger partial charge in [-0.1, -0.05) is 24.3 Å². The van der Waals surface area contributed by atoms with Gasteiger partial charge in [-0.05, 0) is 26.0 Å². The molecule has 0 bridgehead atoms. The second-order valence-electron chi connectivity index (χ2n) is 6.48. The first-order chi connectivity index (χ1) is 11.1. The van der Waals surface area contributed by atoms with Crippen molar-refractivity contribution >= 4 is 16.8 Å². The van der Waals surface area contributed by atoms with Gasteiger partial charge in [0.25, 0.3) is 5.91 Å². The largest absolute Gasteiger partial charge is 0.379 e. The van der Waals surface area contributed by atoms with Crippen LogP contribution in [0.3, 0.4) is 0 Å². The van der Waals surface area contributed by atoms with E-state index >= 15 is 0 Å². The molecule has 2 heterocycles. The zero-order valence-electron chi connectivity index (χ0n) is 13.7. The van der Waals surface area contributed by atoms with E-state index in [1.165, 1.54) is 0 Å². The summed E-state index contributed by atoms with van der Waals surface area (Å²) in [4.78, 5) is 19.2. The Balaban J connectivity index is 1.65. The van der Waals surface area contributed by atoms with Crippen LogP contribution in [0.1, 0.15) is 24.3 Å². The molecule has 0 unspecified atom stereocenters. The van der Waals surface area contributed by atoms with Crippen LogP contribution in [-0.2, 0) is 4.74 Å². The van der Waals surface area contributed by atoms with E-state index in [1.807, 2.05) is 30.3 Å². The SMILES string of the molecule is CC(C)(CNC(=O)c1ccc2ccccc2n1)N1CCOCC1. The first-order valence-corrected chi connectivity index (χ1v) is 8.03. The molecule has 1 aromatic carbocycles. The Morgan fingerprint density at radius 2 is 1.96 bits per heavy atom. The van der Waals surface area contributed by atoms with Gasteiger partial charge in [-0.2, -0.15) is 0 Å². The van der Waals surface area contributed by atoms with Gasteiger partial charge in [-0.15, -0.1) is 0 Å². The molecule has 5 heteroatoms. The van der Waals surface area contributed by atoms with Crippen LogP contribution in [0.25, 0.3) is 10.9 Å². The fourth-order valence-corrected chi connectivity index (χ4v) is 2.86. The number of para-hydroxylation sites is 1. The molecule has 0 spiro atoms. The van der Waals surface area contributed by atoms with Crippen molar-refractivity contribution in [3.63, 3.8) is 0 Å². The lowest BCUT2D eigenvalue weighted by atomic mass is 10.0. The van der Waals surface area contributed by atoms with Gasteiger partial charge in [-0.3, -0.25) is 9.69 Å². The standard InChI is InChI=1S/C18H23N3O2/c1-18(2,21-9-11-23-12-10-21)13-19-17(22)16-8-7-14-5-3-4-6-15(14)20-16/h3-8H,9-13H2,1-2H3,(H,19,22). The summed E-state index contributed by atoms with van der Waals surface area (Å²) in [7, 11) is 0. The number of carbonyl (C=O) groups is 1. The smallest absolute Gasteiger partial charge is 0.269 e. The van der Waals surface area contributed by atoms with Crippen LogP contribution in [0.5, 0.6) is 0 Å². The maximum Gasteiger partial charge on any atom is 0.269 e. The van der Waals surface area contributed by atoms with E-state index in [1.54, 1.807) is 6.07 Å². The van der Waals surface area contributed by atoms with E-state index in [0.717, 1.165) is 37.2 Å². The fourth-order valence-electron chi connectivity index (χ4n) is 2.86. The molecular weight excluding hydrogens is 290 g/mol. The number of hydrogen-bond acceptors (Lipinski definition) is 4. The van der Waals surface area contributed by atoms with Crippen molar-refractivity contribution in [3.8, 4) is 0 Å². The number of pyridine rings is 1. The molecule has 23 heavy (non-hydrogen) atoms. The highest BCUT2D eigenvalue weighted by atomic mass is 16.5. The number of hydrogen-bond donors (Lipinski definition) is 1. The lowest BCUT2D eigenvalue weighted by molar-refractivity contribution is -0.00924. The highest BCUT2D eigenvalue weighted by Crippen LogP contribution is 2.16. The summed E-state index contributed by atoms with van der Waals surface area (Å²) in [5.74, 6) is -0.128. The first kappa shape index (κ1) is 15.9. The van der Waals surface area contributed by atoms with Gasteiger partial charge >= 0.3 is 0 Å². The maximum absolute atomic E-state index is 12.4. The molecule has 122 valence electrons. The van der Waals surface area contributed by atoms with Crippen LogP contribution >= 0.6 is 0 Å². The molecule has 1 aliphatic heterocycles. The molecule has 1 aromatic heterocycles. The normalized spacial score (nSPS) is 16.4. The van der Waals surface area contributed by atoms with Gasteiger partial charge in [0.2, 0.25) is 0 Å². The lowest BCUT2D eigenvalue weighted by Gasteiger charge is -2.40. The van der Waals surface area contributed by atoms with Gasteiger partial charge in [0.15, 0.2) is 0 Å². The Labute approximate surface area is 136 Å². The number of ether oxygens (including phenoxy) is 1. The molecule has 5 nitrogen and oxygen atoms in total. The summed E-state index contributed by atoms with van der Waals surface area (Å²) in [5, 5.41) is 4.06. The maximum atomic E-state index is 12.4. The predicted molar refractivity (Wildman–Crippen MR) is 90.5 cm³/mol. The molecule has 0 atom stereocenters.